The highest BCUT2D eigenvalue weighted by molar-refractivity contribution is 6.31. The summed E-state index contributed by atoms with van der Waals surface area (Å²) < 4.78 is 0. The highest BCUT2D eigenvalue weighted by atomic mass is 35.5. The van der Waals surface area contributed by atoms with Crippen molar-refractivity contribution in [1.82, 2.24) is 10.3 Å². The molecule has 0 saturated heterocycles. The third-order valence-corrected chi connectivity index (χ3v) is 4.14. The van der Waals surface area contributed by atoms with Crippen molar-refractivity contribution in [2.24, 2.45) is 0 Å². The molecule has 0 unspecified atom stereocenters. The molecule has 0 fully saturated rings. The second-order valence-electron chi connectivity index (χ2n) is 5.78. The number of aromatic amines is 1. The summed E-state index contributed by atoms with van der Waals surface area (Å²) in [5.74, 6) is -0.723. The van der Waals surface area contributed by atoms with Gasteiger partial charge in [-0.2, -0.15) is 0 Å². The second kappa shape index (κ2) is 8.03. The summed E-state index contributed by atoms with van der Waals surface area (Å²) in [5.41, 5.74) is 2.61. The quantitative estimate of drug-likeness (QED) is 0.536. The molecule has 0 aliphatic carbocycles. The molecule has 0 radical (unpaired) electrons. The predicted octanol–water partition coefficient (Wildman–Crippen LogP) is 2.72. The average Bonchev–Trinajstić information content (AvgIpc) is 3.05. The molecule has 134 valence electrons. The number of carbonyl (C=O) groups is 2. The summed E-state index contributed by atoms with van der Waals surface area (Å²) >= 11 is 5.94. The number of fused-ring (bicyclic) bond motifs is 1. The van der Waals surface area contributed by atoms with Gasteiger partial charge in [0.25, 0.3) is 5.91 Å². The minimum Gasteiger partial charge on any atom is -0.396 e. The van der Waals surface area contributed by atoms with Crippen LogP contribution in [0.25, 0.3) is 10.9 Å². The molecule has 0 atom stereocenters. The smallest absolute Gasteiger partial charge is 0.268 e. The lowest BCUT2D eigenvalue weighted by atomic mass is 10.1. The van der Waals surface area contributed by atoms with Gasteiger partial charge in [0.2, 0.25) is 5.91 Å². The largest absolute Gasteiger partial charge is 0.396 e. The third kappa shape index (κ3) is 4.22. The fourth-order valence-electron chi connectivity index (χ4n) is 2.66. The number of H-pyrrole nitrogens is 1. The number of carbonyl (C=O) groups excluding carboxylic acids is 2. The molecule has 3 aromatic rings. The maximum atomic E-state index is 12.2. The van der Waals surface area contributed by atoms with Crippen LogP contribution in [0, 0.1) is 0 Å². The summed E-state index contributed by atoms with van der Waals surface area (Å²) in [7, 11) is 0. The zero-order valence-corrected chi connectivity index (χ0v) is 14.6. The van der Waals surface area contributed by atoms with Gasteiger partial charge in [0, 0.05) is 28.2 Å². The second-order valence-corrected chi connectivity index (χ2v) is 6.21. The van der Waals surface area contributed by atoms with Crippen molar-refractivity contribution < 1.29 is 14.7 Å². The van der Waals surface area contributed by atoms with Gasteiger partial charge < -0.3 is 20.7 Å². The van der Waals surface area contributed by atoms with E-state index in [1.807, 2.05) is 12.1 Å². The lowest BCUT2D eigenvalue weighted by Crippen LogP contribution is -2.33. The van der Waals surface area contributed by atoms with Crippen LogP contribution >= 0.6 is 11.6 Å². The van der Waals surface area contributed by atoms with E-state index in [2.05, 4.69) is 15.6 Å². The topological polar surface area (TPSA) is 94.2 Å². The van der Waals surface area contributed by atoms with E-state index in [0.29, 0.717) is 22.8 Å². The lowest BCUT2D eigenvalue weighted by Gasteiger charge is -2.10. The van der Waals surface area contributed by atoms with Crippen LogP contribution in [0.15, 0.2) is 48.5 Å². The number of hydrogen-bond donors (Lipinski definition) is 4. The van der Waals surface area contributed by atoms with Gasteiger partial charge in [0.05, 0.1) is 6.54 Å². The van der Waals surface area contributed by atoms with Crippen LogP contribution in [0.5, 0.6) is 0 Å². The molecule has 3 rings (SSSR count). The van der Waals surface area contributed by atoms with Gasteiger partial charge >= 0.3 is 0 Å². The summed E-state index contributed by atoms with van der Waals surface area (Å²) in [4.78, 5) is 27.3. The number of para-hydroxylation sites is 1. The molecule has 0 saturated carbocycles. The SMILES string of the molecule is O=C(CNC(=O)c1cc2cc(Cl)ccc2[nH]1)Nc1ccccc1CCO. The summed E-state index contributed by atoms with van der Waals surface area (Å²) in [6.45, 7) is -0.170. The van der Waals surface area contributed by atoms with Crippen molar-refractivity contribution in [3.05, 3.63) is 64.8 Å². The Bertz CT molecular complexity index is 952. The molecule has 1 aromatic heterocycles. The van der Waals surface area contributed by atoms with Gasteiger partial charge in [-0.15, -0.1) is 0 Å². The Morgan fingerprint density at radius 1 is 1.12 bits per heavy atom. The first-order valence-electron chi connectivity index (χ1n) is 8.12. The molecule has 1 heterocycles. The molecule has 7 heteroatoms. The van der Waals surface area contributed by atoms with Crippen molar-refractivity contribution in [3.8, 4) is 0 Å². The van der Waals surface area contributed by atoms with Crippen LogP contribution in [0.4, 0.5) is 5.69 Å². The zero-order valence-electron chi connectivity index (χ0n) is 13.9. The fourth-order valence-corrected chi connectivity index (χ4v) is 2.84. The monoisotopic (exact) mass is 371 g/mol. The maximum Gasteiger partial charge on any atom is 0.268 e. The summed E-state index contributed by atoms with van der Waals surface area (Å²) in [6.07, 6.45) is 0.445. The van der Waals surface area contributed by atoms with Crippen LogP contribution in [0.2, 0.25) is 5.02 Å². The standard InChI is InChI=1S/C19H18ClN3O3/c20-14-5-6-16-13(9-14)10-17(22-16)19(26)21-11-18(25)23-15-4-2-1-3-12(15)7-8-24/h1-6,9-10,22,24H,7-8,11H2,(H,21,26)(H,23,25). The van der Waals surface area contributed by atoms with E-state index in [1.54, 1.807) is 36.4 Å². The van der Waals surface area contributed by atoms with Gasteiger partial charge in [-0.3, -0.25) is 9.59 Å². The molecule has 2 aromatic carbocycles. The molecular weight excluding hydrogens is 354 g/mol. The van der Waals surface area contributed by atoms with Gasteiger partial charge in [-0.05, 0) is 42.3 Å². The molecule has 2 amide bonds. The van der Waals surface area contributed by atoms with E-state index in [9.17, 15) is 9.59 Å². The van der Waals surface area contributed by atoms with E-state index < -0.39 is 0 Å². The highest BCUT2D eigenvalue weighted by Crippen LogP contribution is 2.20. The predicted molar refractivity (Wildman–Crippen MR) is 102 cm³/mol. The summed E-state index contributed by atoms with van der Waals surface area (Å²) in [5, 5.41) is 15.8. The number of rotatable bonds is 6. The van der Waals surface area contributed by atoms with Gasteiger partial charge in [-0.25, -0.2) is 0 Å². The number of benzene rings is 2. The van der Waals surface area contributed by atoms with Crippen molar-refractivity contribution in [2.75, 3.05) is 18.5 Å². The van der Waals surface area contributed by atoms with Crippen LogP contribution in [0.1, 0.15) is 16.1 Å². The average molecular weight is 372 g/mol. The molecule has 0 bridgehead atoms. The molecular formula is C19H18ClN3O3. The lowest BCUT2D eigenvalue weighted by molar-refractivity contribution is -0.115. The maximum absolute atomic E-state index is 12.2. The zero-order chi connectivity index (χ0) is 18.5. The van der Waals surface area contributed by atoms with Crippen LogP contribution in [-0.4, -0.2) is 35.1 Å². The molecule has 4 N–H and O–H groups in total. The van der Waals surface area contributed by atoms with E-state index in [4.69, 9.17) is 16.7 Å². The number of halogens is 1. The van der Waals surface area contributed by atoms with E-state index in [1.165, 1.54) is 0 Å². The number of aliphatic hydroxyl groups is 1. The Balaban J connectivity index is 1.61. The number of amides is 2. The van der Waals surface area contributed by atoms with E-state index in [0.717, 1.165) is 16.5 Å². The van der Waals surface area contributed by atoms with Crippen LogP contribution < -0.4 is 10.6 Å². The number of aliphatic hydroxyl groups excluding tert-OH is 1. The first-order valence-corrected chi connectivity index (χ1v) is 8.49. The highest BCUT2D eigenvalue weighted by Gasteiger charge is 2.12. The Morgan fingerprint density at radius 3 is 2.73 bits per heavy atom. The Hall–Kier alpha value is -2.83. The van der Waals surface area contributed by atoms with E-state index >= 15 is 0 Å². The number of hydrogen-bond acceptors (Lipinski definition) is 3. The molecule has 6 nitrogen and oxygen atoms in total. The first-order chi connectivity index (χ1) is 12.6. The van der Waals surface area contributed by atoms with Crippen molar-refractivity contribution in [3.63, 3.8) is 0 Å². The Labute approximate surface area is 155 Å². The first kappa shape index (κ1) is 18.0. The van der Waals surface area contributed by atoms with E-state index in [-0.39, 0.29) is 25.0 Å². The fraction of sp³-hybridized carbons (Fsp3) is 0.158. The molecule has 26 heavy (non-hydrogen) atoms. The normalized spacial score (nSPS) is 10.7. The Kier molecular flexibility index (Phi) is 5.55. The van der Waals surface area contributed by atoms with Gasteiger partial charge in [-0.1, -0.05) is 29.8 Å². The third-order valence-electron chi connectivity index (χ3n) is 3.91. The van der Waals surface area contributed by atoms with Crippen molar-refractivity contribution >= 4 is 40.0 Å². The Morgan fingerprint density at radius 2 is 1.92 bits per heavy atom. The minimum absolute atomic E-state index is 0.00593. The van der Waals surface area contributed by atoms with Crippen molar-refractivity contribution in [2.45, 2.75) is 6.42 Å². The van der Waals surface area contributed by atoms with Crippen LogP contribution in [0.3, 0.4) is 0 Å². The number of anilines is 1. The molecule has 0 spiro atoms. The van der Waals surface area contributed by atoms with Gasteiger partial charge in [0.1, 0.15) is 5.69 Å². The van der Waals surface area contributed by atoms with Crippen LogP contribution in [-0.2, 0) is 11.2 Å². The minimum atomic E-state index is -0.379. The van der Waals surface area contributed by atoms with Gasteiger partial charge in [0.15, 0.2) is 0 Å². The molecule has 0 aliphatic heterocycles. The number of aromatic nitrogens is 1. The van der Waals surface area contributed by atoms with Crippen molar-refractivity contribution in [1.29, 1.82) is 0 Å². The summed E-state index contributed by atoms with van der Waals surface area (Å²) in [6, 6.07) is 14.2. The number of nitrogens with one attached hydrogen (secondary N) is 3. The molecule has 0 aliphatic rings.